The Kier molecular flexibility index (Phi) is 4.11. The average molecular weight is 343 g/mol. The third-order valence-corrected chi connectivity index (χ3v) is 4.32. The van der Waals surface area contributed by atoms with Gasteiger partial charge in [0.1, 0.15) is 5.69 Å². The van der Waals surface area contributed by atoms with E-state index >= 15 is 0 Å². The number of carbonyl (C=O) groups excluding carboxylic acids is 1. The number of carbonyl (C=O) groups is 1. The van der Waals surface area contributed by atoms with Gasteiger partial charge in [-0.15, -0.1) is 0 Å². The van der Waals surface area contributed by atoms with Crippen molar-refractivity contribution in [2.24, 2.45) is 0 Å². The van der Waals surface area contributed by atoms with Gasteiger partial charge in [0.05, 0.1) is 6.54 Å². The number of aromatic amines is 1. The van der Waals surface area contributed by atoms with Crippen molar-refractivity contribution in [1.82, 2.24) is 9.55 Å². The molecule has 3 aromatic carbocycles. The van der Waals surface area contributed by atoms with Gasteiger partial charge in [-0.3, -0.25) is 9.36 Å². The topological polar surface area (TPSA) is 66.9 Å². The molecule has 128 valence electrons. The minimum absolute atomic E-state index is 0.298. The highest BCUT2D eigenvalue weighted by Gasteiger charge is 2.15. The SMILES string of the molecule is O=C(Nc1cccc2ccccc12)c1c[nH]c(=O)n1Cc1ccccc1. The quantitative estimate of drug-likeness (QED) is 0.594. The molecule has 2 N–H and O–H groups in total. The van der Waals surface area contributed by atoms with E-state index in [1.165, 1.54) is 10.8 Å². The fourth-order valence-electron chi connectivity index (χ4n) is 3.03. The van der Waals surface area contributed by atoms with Crippen LogP contribution in [0.3, 0.4) is 0 Å². The van der Waals surface area contributed by atoms with Crippen molar-refractivity contribution in [1.29, 1.82) is 0 Å². The lowest BCUT2D eigenvalue weighted by Gasteiger charge is -2.10. The smallest absolute Gasteiger partial charge is 0.320 e. The Bertz CT molecular complexity index is 1120. The highest BCUT2D eigenvalue weighted by atomic mass is 16.2. The average Bonchev–Trinajstić information content (AvgIpc) is 3.03. The first-order valence-electron chi connectivity index (χ1n) is 8.33. The van der Waals surface area contributed by atoms with Crippen molar-refractivity contribution in [3.63, 3.8) is 0 Å². The van der Waals surface area contributed by atoms with Crippen LogP contribution >= 0.6 is 0 Å². The molecule has 0 saturated carbocycles. The second kappa shape index (κ2) is 6.72. The molecule has 0 aliphatic heterocycles. The molecule has 1 amide bonds. The van der Waals surface area contributed by atoms with Gasteiger partial charge in [0.25, 0.3) is 5.91 Å². The molecule has 5 nitrogen and oxygen atoms in total. The molecular weight excluding hydrogens is 326 g/mol. The highest BCUT2D eigenvalue weighted by Crippen LogP contribution is 2.23. The number of amides is 1. The van der Waals surface area contributed by atoms with Gasteiger partial charge in [0.2, 0.25) is 0 Å². The number of fused-ring (bicyclic) bond motifs is 1. The lowest BCUT2D eigenvalue weighted by molar-refractivity contribution is 0.101. The minimum atomic E-state index is -0.323. The van der Waals surface area contributed by atoms with Crippen LogP contribution in [0.2, 0.25) is 0 Å². The van der Waals surface area contributed by atoms with E-state index < -0.39 is 0 Å². The summed E-state index contributed by atoms with van der Waals surface area (Å²) in [4.78, 5) is 27.5. The maximum absolute atomic E-state index is 12.8. The number of nitrogens with zero attached hydrogens (tertiary/aromatic N) is 1. The van der Waals surface area contributed by atoms with Crippen molar-refractivity contribution in [2.45, 2.75) is 6.54 Å². The van der Waals surface area contributed by atoms with Gasteiger partial charge in [0.15, 0.2) is 0 Å². The van der Waals surface area contributed by atoms with Crippen LogP contribution < -0.4 is 11.0 Å². The molecule has 0 fully saturated rings. The molecule has 0 radical (unpaired) electrons. The van der Waals surface area contributed by atoms with Crippen molar-refractivity contribution < 1.29 is 4.79 Å². The van der Waals surface area contributed by atoms with Crippen LogP contribution in [-0.4, -0.2) is 15.5 Å². The van der Waals surface area contributed by atoms with E-state index in [9.17, 15) is 9.59 Å². The fraction of sp³-hybridized carbons (Fsp3) is 0.0476. The molecular formula is C21H17N3O2. The summed E-state index contributed by atoms with van der Waals surface area (Å²) in [6, 6.07) is 23.1. The van der Waals surface area contributed by atoms with Crippen LogP contribution in [0.15, 0.2) is 83.8 Å². The standard InChI is InChI=1S/C21H17N3O2/c25-20(23-18-12-6-10-16-9-4-5-11-17(16)18)19-13-22-21(26)24(19)14-15-7-2-1-3-8-15/h1-13H,14H2,(H,22,26)(H,23,25). The number of benzene rings is 3. The molecule has 5 heteroatoms. The van der Waals surface area contributed by atoms with Gasteiger partial charge < -0.3 is 10.3 Å². The van der Waals surface area contributed by atoms with Crippen molar-refractivity contribution >= 4 is 22.4 Å². The van der Waals surface area contributed by atoms with Crippen molar-refractivity contribution in [3.8, 4) is 0 Å². The molecule has 0 aliphatic carbocycles. The van der Waals surface area contributed by atoms with Gasteiger partial charge in [-0.05, 0) is 17.0 Å². The summed E-state index contributed by atoms with van der Waals surface area (Å²) in [6.07, 6.45) is 1.45. The molecule has 1 aromatic heterocycles. The zero-order chi connectivity index (χ0) is 17.9. The monoisotopic (exact) mass is 343 g/mol. The number of imidazole rings is 1. The number of nitrogens with one attached hydrogen (secondary N) is 2. The number of anilines is 1. The molecule has 0 spiro atoms. The molecule has 4 aromatic rings. The van der Waals surface area contributed by atoms with E-state index in [-0.39, 0.29) is 11.6 Å². The number of aromatic nitrogens is 2. The maximum Gasteiger partial charge on any atom is 0.326 e. The van der Waals surface area contributed by atoms with E-state index in [0.717, 1.165) is 16.3 Å². The van der Waals surface area contributed by atoms with Crippen LogP contribution in [0.25, 0.3) is 10.8 Å². The number of hydrogen-bond acceptors (Lipinski definition) is 2. The van der Waals surface area contributed by atoms with E-state index in [1.807, 2.05) is 72.8 Å². The highest BCUT2D eigenvalue weighted by molar-refractivity contribution is 6.08. The Hall–Kier alpha value is -3.60. The predicted octanol–water partition coefficient (Wildman–Crippen LogP) is 3.63. The summed E-state index contributed by atoms with van der Waals surface area (Å²) in [7, 11) is 0. The van der Waals surface area contributed by atoms with Crippen LogP contribution in [-0.2, 0) is 6.54 Å². The fourth-order valence-corrected chi connectivity index (χ4v) is 3.03. The lowest BCUT2D eigenvalue weighted by Crippen LogP contribution is -2.24. The van der Waals surface area contributed by atoms with Crippen molar-refractivity contribution in [3.05, 3.63) is 101 Å². The second-order valence-electron chi connectivity index (χ2n) is 6.03. The van der Waals surface area contributed by atoms with E-state index in [1.54, 1.807) is 0 Å². The zero-order valence-electron chi connectivity index (χ0n) is 14.0. The Morgan fingerprint density at radius 3 is 2.50 bits per heavy atom. The lowest BCUT2D eigenvalue weighted by atomic mass is 10.1. The molecule has 0 bridgehead atoms. The molecule has 0 saturated heterocycles. The van der Waals surface area contributed by atoms with E-state index in [2.05, 4.69) is 10.3 Å². The summed E-state index contributed by atoms with van der Waals surface area (Å²) < 4.78 is 1.44. The predicted molar refractivity (Wildman–Crippen MR) is 102 cm³/mol. The van der Waals surface area contributed by atoms with Gasteiger partial charge >= 0.3 is 5.69 Å². The molecule has 0 aliphatic rings. The number of rotatable bonds is 4. The van der Waals surface area contributed by atoms with E-state index in [4.69, 9.17) is 0 Å². The Morgan fingerprint density at radius 2 is 1.65 bits per heavy atom. The van der Waals surface area contributed by atoms with E-state index in [0.29, 0.717) is 17.9 Å². The van der Waals surface area contributed by atoms with Crippen LogP contribution in [0.5, 0.6) is 0 Å². The maximum atomic E-state index is 12.8. The van der Waals surface area contributed by atoms with Gasteiger partial charge in [0, 0.05) is 17.3 Å². The second-order valence-corrected chi connectivity index (χ2v) is 6.03. The Balaban J connectivity index is 1.66. The Morgan fingerprint density at radius 1 is 0.923 bits per heavy atom. The third-order valence-electron chi connectivity index (χ3n) is 4.32. The molecule has 26 heavy (non-hydrogen) atoms. The summed E-state index contributed by atoms with van der Waals surface area (Å²) in [5.41, 5.74) is 1.66. The van der Waals surface area contributed by atoms with Crippen LogP contribution in [0.1, 0.15) is 16.1 Å². The zero-order valence-corrected chi connectivity index (χ0v) is 14.0. The van der Waals surface area contributed by atoms with Crippen molar-refractivity contribution in [2.75, 3.05) is 5.32 Å². The van der Waals surface area contributed by atoms with Crippen LogP contribution in [0.4, 0.5) is 5.69 Å². The minimum Gasteiger partial charge on any atom is -0.320 e. The number of hydrogen-bond donors (Lipinski definition) is 2. The normalized spacial score (nSPS) is 10.8. The Labute approximate surface area is 149 Å². The molecule has 0 atom stereocenters. The van der Waals surface area contributed by atoms with Gasteiger partial charge in [-0.2, -0.15) is 0 Å². The first-order valence-corrected chi connectivity index (χ1v) is 8.33. The summed E-state index contributed by atoms with van der Waals surface area (Å²) in [6.45, 7) is 0.335. The third kappa shape index (κ3) is 3.02. The summed E-state index contributed by atoms with van der Waals surface area (Å²) >= 11 is 0. The summed E-state index contributed by atoms with van der Waals surface area (Å²) in [5.74, 6) is -0.323. The first kappa shape index (κ1) is 15.9. The molecule has 0 unspecified atom stereocenters. The molecule has 1 heterocycles. The largest absolute Gasteiger partial charge is 0.326 e. The van der Waals surface area contributed by atoms with Gasteiger partial charge in [-0.1, -0.05) is 66.7 Å². The van der Waals surface area contributed by atoms with Gasteiger partial charge in [-0.25, -0.2) is 4.79 Å². The summed E-state index contributed by atoms with van der Waals surface area (Å²) in [5, 5.41) is 4.92. The first-order chi connectivity index (χ1) is 12.7. The van der Waals surface area contributed by atoms with Crippen LogP contribution in [0, 0.1) is 0 Å². The molecule has 4 rings (SSSR count). The number of H-pyrrole nitrogens is 1.